The van der Waals surface area contributed by atoms with Gasteiger partial charge in [0.05, 0.1) is 11.2 Å². The van der Waals surface area contributed by atoms with Gasteiger partial charge in [0.2, 0.25) is 5.95 Å². The fourth-order valence-corrected chi connectivity index (χ4v) is 2.45. The lowest BCUT2D eigenvalue weighted by molar-refractivity contribution is 0.628. The molecule has 0 unspecified atom stereocenters. The van der Waals surface area contributed by atoms with Crippen LogP contribution in [-0.2, 0) is 0 Å². The molecule has 0 amide bonds. The van der Waals surface area contributed by atoms with E-state index in [1.165, 1.54) is 12.1 Å². The van der Waals surface area contributed by atoms with Crippen LogP contribution in [0.5, 0.6) is 0 Å². The van der Waals surface area contributed by atoms with Crippen LogP contribution in [0.3, 0.4) is 0 Å². The number of rotatable bonds is 5. The third kappa shape index (κ3) is 3.60. The average Bonchev–Trinajstić information content (AvgIpc) is 2.60. The molecule has 0 atom stereocenters. The number of hydrogen-bond donors (Lipinski definition) is 1. The molecule has 1 heterocycles. The van der Waals surface area contributed by atoms with Crippen LogP contribution in [0.1, 0.15) is 6.92 Å². The van der Waals surface area contributed by atoms with E-state index in [0.29, 0.717) is 17.5 Å². The van der Waals surface area contributed by atoms with Crippen LogP contribution in [0.25, 0.3) is 0 Å². The molecule has 7 heteroatoms. The van der Waals surface area contributed by atoms with Gasteiger partial charge in [-0.25, -0.2) is 4.39 Å². The van der Waals surface area contributed by atoms with Crippen molar-refractivity contribution < 1.29 is 4.39 Å². The van der Waals surface area contributed by atoms with Crippen molar-refractivity contribution in [1.82, 2.24) is 15.2 Å². The smallest absolute Gasteiger partial charge is 0.249 e. The van der Waals surface area contributed by atoms with Crippen LogP contribution in [-0.4, -0.2) is 21.7 Å². The molecule has 3 rings (SSSR count). The molecule has 5 nitrogen and oxygen atoms in total. The minimum absolute atomic E-state index is 0.0311. The molecular formula is C17H15ClFN5. The van der Waals surface area contributed by atoms with Crippen molar-refractivity contribution in [2.75, 3.05) is 16.8 Å². The monoisotopic (exact) mass is 343 g/mol. The molecule has 0 spiro atoms. The molecule has 3 aromatic rings. The second-order valence-corrected chi connectivity index (χ2v) is 5.38. The number of nitrogens with zero attached hydrogens (tertiary/aromatic N) is 4. The van der Waals surface area contributed by atoms with Crippen molar-refractivity contribution >= 4 is 34.7 Å². The van der Waals surface area contributed by atoms with Gasteiger partial charge in [0, 0.05) is 17.9 Å². The summed E-state index contributed by atoms with van der Waals surface area (Å²) in [6.45, 7) is 2.76. The predicted octanol–water partition coefficient (Wildman–Crippen LogP) is 4.57. The molecular weight excluding hydrogens is 329 g/mol. The Hall–Kier alpha value is -2.73. The zero-order valence-electron chi connectivity index (χ0n) is 12.9. The Bertz CT molecular complexity index is 828. The maximum atomic E-state index is 13.2. The summed E-state index contributed by atoms with van der Waals surface area (Å²) in [5.41, 5.74) is 1.60. The first-order valence-corrected chi connectivity index (χ1v) is 7.79. The molecule has 1 N–H and O–H groups in total. The van der Waals surface area contributed by atoms with E-state index >= 15 is 0 Å². The number of anilines is 4. The highest BCUT2D eigenvalue weighted by Crippen LogP contribution is 2.24. The van der Waals surface area contributed by atoms with Gasteiger partial charge in [0.25, 0.3) is 0 Å². The van der Waals surface area contributed by atoms with Crippen LogP contribution < -0.4 is 10.2 Å². The fraction of sp³-hybridized carbons (Fsp3) is 0.118. The van der Waals surface area contributed by atoms with Crippen LogP contribution in [0.15, 0.2) is 54.7 Å². The molecule has 0 saturated carbocycles. The van der Waals surface area contributed by atoms with Gasteiger partial charge in [-0.05, 0) is 37.3 Å². The number of aromatic nitrogens is 3. The summed E-state index contributed by atoms with van der Waals surface area (Å²) in [5.74, 6) is 0.496. The second kappa shape index (κ2) is 7.23. The molecule has 0 saturated heterocycles. The van der Waals surface area contributed by atoms with Gasteiger partial charge in [-0.2, -0.15) is 10.1 Å². The van der Waals surface area contributed by atoms with Gasteiger partial charge >= 0.3 is 0 Å². The second-order valence-electron chi connectivity index (χ2n) is 4.97. The third-order valence-corrected chi connectivity index (χ3v) is 3.67. The predicted molar refractivity (Wildman–Crippen MR) is 93.6 cm³/mol. The standard InChI is InChI=1S/C17H15ClFN5/c1-2-24(13-6-4-3-5-7-13)16-11-20-23-17(22-16)21-12-8-9-15(19)14(18)10-12/h3-11H,2H2,1H3,(H,21,22,23). The highest BCUT2D eigenvalue weighted by atomic mass is 35.5. The van der Waals surface area contributed by atoms with Crippen molar-refractivity contribution in [1.29, 1.82) is 0 Å². The fourth-order valence-electron chi connectivity index (χ4n) is 2.27. The van der Waals surface area contributed by atoms with Gasteiger partial charge in [-0.1, -0.05) is 29.8 Å². The lowest BCUT2D eigenvalue weighted by Gasteiger charge is -2.21. The van der Waals surface area contributed by atoms with Gasteiger partial charge < -0.3 is 10.2 Å². The van der Waals surface area contributed by atoms with Gasteiger partial charge in [0.15, 0.2) is 5.82 Å². The Balaban J connectivity index is 1.86. The molecule has 0 aliphatic heterocycles. The first-order valence-electron chi connectivity index (χ1n) is 7.41. The summed E-state index contributed by atoms with van der Waals surface area (Å²) in [5, 5.41) is 11.0. The summed E-state index contributed by atoms with van der Waals surface area (Å²) in [4.78, 5) is 6.48. The highest BCUT2D eigenvalue weighted by Gasteiger charge is 2.11. The number of hydrogen-bond acceptors (Lipinski definition) is 5. The van der Waals surface area contributed by atoms with Crippen molar-refractivity contribution in [3.8, 4) is 0 Å². The Morgan fingerprint density at radius 1 is 1.17 bits per heavy atom. The lowest BCUT2D eigenvalue weighted by Crippen LogP contribution is -2.18. The molecule has 0 bridgehead atoms. The van der Waals surface area contributed by atoms with Gasteiger partial charge in [-0.15, -0.1) is 5.10 Å². The number of halogens is 2. The zero-order chi connectivity index (χ0) is 16.9. The first-order chi connectivity index (χ1) is 11.7. The van der Waals surface area contributed by atoms with E-state index in [0.717, 1.165) is 12.2 Å². The summed E-state index contributed by atoms with van der Waals surface area (Å²) in [6.07, 6.45) is 1.60. The number of benzene rings is 2. The van der Waals surface area contributed by atoms with E-state index in [1.54, 1.807) is 12.3 Å². The minimum atomic E-state index is -0.476. The normalized spacial score (nSPS) is 10.5. The SMILES string of the molecule is CCN(c1ccccc1)c1cnnc(Nc2ccc(F)c(Cl)c2)n1. The van der Waals surface area contributed by atoms with Crippen molar-refractivity contribution in [2.45, 2.75) is 6.92 Å². The molecule has 0 aliphatic rings. The summed E-state index contributed by atoms with van der Waals surface area (Å²) >= 11 is 5.78. The first kappa shape index (κ1) is 16.1. The molecule has 0 fully saturated rings. The molecule has 24 heavy (non-hydrogen) atoms. The van der Waals surface area contributed by atoms with E-state index in [-0.39, 0.29) is 5.02 Å². The van der Waals surface area contributed by atoms with E-state index < -0.39 is 5.82 Å². The summed E-state index contributed by atoms with van der Waals surface area (Å²) in [7, 11) is 0. The molecule has 122 valence electrons. The van der Waals surface area contributed by atoms with Crippen LogP contribution in [0, 0.1) is 5.82 Å². The summed E-state index contributed by atoms with van der Waals surface area (Å²) in [6, 6.07) is 14.2. The van der Waals surface area contributed by atoms with Gasteiger partial charge in [0.1, 0.15) is 5.82 Å². The van der Waals surface area contributed by atoms with E-state index in [1.807, 2.05) is 42.2 Å². The topological polar surface area (TPSA) is 53.9 Å². The summed E-state index contributed by atoms with van der Waals surface area (Å²) < 4.78 is 13.2. The van der Waals surface area contributed by atoms with Crippen molar-refractivity contribution in [3.63, 3.8) is 0 Å². The Morgan fingerprint density at radius 3 is 2.67 bits per heavy atom. The van der Waals surface area contributed by atoms with Crippen molar-refractivity contribution in [2.24, 2.45) is 0 Å². The maximum Gasteiger partial charge on any atom is 0.249 e. The van der Waals surface area contributed by atoms with E-state index in [9.17, 15) is 4.39 Å². The number of nitrogens with one attached hydrogen (secondary N) is 1. The Morgan fingerprint density at radius 2 is 1.96 bits per heavy atom. The Kier molecular flexibility index (Phi) is 4.86. The van der Waals surface area contributed by atoms with E-state index in [2.05, 4.69) is 20.5 Å². The third-order valence-electron chi connectivity index (χ3n) is 3.38. The molecule has 2 aromatic carbocycles. The number of para-hydroxylation sites is 1. The largest absolute Gasteiger partial charge is 0.325 e. The highest BCUT2D eigenvalue weighted by molar-refractivity contribution is 6.31. The Labute approximate surface area is 144 Å². The lowest BCUT2D eigenvalue weighted by atomic mass is 10.3. The maximum absolute atomic E-state index is 13.2. The zero-order valence-corrected chi connectivity index (χ0v) is 13.7. The quantitative estimate of drug-likeness (QED) is 0.735. The molecule has 1 aromatic heterocycles. The molecule has 0 aliphatic carbocycles. The van der Waals surface area contributed by atoms with Gasteiger partial charge in [-0.3, -0.25) is 0 Å². The minimum Gasteiger partial charge on any atom is -0.325 e. The molecule has 0 radical (unpaired) electrons. The van der Waals surface area contributed by atoms with Crippen molar-refractivity contribution in [3.05, 3.63) is 65.6 Å². The van der Waals surface area contributed by atoms with Crippen LogP contribution in [0.2, 0.25) is 5.02 Å². The average molecular weight is 344 g/mol. The van der Waals surface area contributed by atoms with Crippen LogP contribution in [0.4, 0.5) is 27.5 Å². The van der Waals surface area contributed by atoms with E-state index in [4.69, 9.17) is 11.6 Å². The van der Waals surface area contributed by atoms with Crippen LogP contribution >= 0.6 is 11.6 Å².